The van der Waals surface area contributed by atoms with Crippen molar-refractivity contribution in [2.45, 2.75) is 34.7 Å². The molecular weight excluding hydrogens is 494 g/mol. The normalized spacial score (nSPS) is 26.3. The summed E-state index contributed by atoms with van der Waals surface area (Å²) in [5.41, 5.74) is -0.324. The second-order valence-corrected chi connectivity index (χ2v) is 9.45. The average molecular weight is 509 g/mol. The van der Waals surface area contributed by atoms with Gasteiger partial charge in [-0.15, -0.1) is 5.10 Å². The number of aliphatic hydroxyl groups excluding tert-OH is 3. The molecule has 0 amide bonds. The lowest BCUT2D eigenvalue weighted by atomic mass is 9.97. The van der Waals surface area contributed by atoms with Crippen LogP contribution in [0.3, 0.4) is 0 Å². The third-order valence-corrected chi connectivity index (χ3v) is 7.26. The minimum absolute atomic E-state index is 0.0387. The number of hydrogen-bond acceptors (Lipinski definition) is 9. The molecule has 31 heavy (non-hydrogen) atoms. The maximum Gasteiger partial charge on any atom is 0.304 e. The Balaban J connectivity index is 1.64. The van der Waals surface area contributed by atoms with Gasteiger partial charge < -0.3 is 25.0 Å². The van der Waals surface area contributed by atoms with Gasteiger partial charge in [-0.25, -0.2) is 9.07 Å². The van der Waals surface area contributed by atoms with Crippen LogP contribution in [-0.2, 0) is 4.74 Å². The van der Waals surface area contributed by atoms with Gasteiger partial charge >= 0.3 is 4.87 Å². The number of nitrogens with zero attached hydrogens (tertiary/aromatic N) is 3. The first kappa shape index (κ1) is 22.7. The van der Waals surface area contributed by atoms with E-state index in [0.717, 1.165) is 29.2 Å². The zero-order valence-corrected chi connectivity index (χ0v) is 18.5. The van der Waals surface area contributed by atoms with E-state index < -0.39 is 42.2 Å². The summed E-state index contributed by atoms with van der Waals surface area (Å²) in [6.45, 7) is -0.551. The minimum atomic E-state index is -1.37. The standard InChI is InChI=1S/C17H15Cl2FN4O5S2/c18-6-1-8(20)12(2-7(6)19)31-16-15(27)13(14(26)11(4-25)29-16)24-3-9(22-23-24)10-5-30-17(28)21-10/h1-3,5,11,13-16,25-27H,4H2,(H,21,28)/t11-,13+,14+,15-,16-/m0/s1. The number of rotatable bonds is 5. The highest BCUT2D eigenvalue weighted by Gasteiger charge is 2.46. The SMILES string of the molecule is O=c1[nH]c(-c2cn([C@@H]3[C@H](O)[C@H](CO)O[C@@H](Sc4cc(Cl)c(Cl)cc4F)[C@H]3O)nn2)cs1. The Morgan fingerprint density at radius 3 is 2.71 bits per heavy atom. The Hall–Kier alpha value is -1.51. The van der Waals surface area contributed by atoms with Gasteiger partial charge in [0.15, 0.2) is 0 Å². The summed E-state index contributed by atoms with van der Waals surface area (Å²) >= 11 is 13.6. The van der Waals surface area contributed by atoms with Crippen molar-refractivity contribution in [3.05, 3.63) is 49.2 Å². The fourth-order valence-corrected chi connectivity index (χ4v) is 5.21. The quantitative estimate of drug-likeness (QED) is 0.384. The Bertz CT molecular complexity index is 1140. The number of halogens is 3. The molecule has 4 rings (SSSR count). The molecule has 1 saturated heterocycles. The first-order chi connectivity index (χ1) is 14.8. The van der Waals surface area contributed by atoms with E-state index in [9.17, 15) is 24.5 Å². The van der Waals surface area contributed by atoms with Gasteiger partial charge in [-0.3, -0.25) is 4.79 Å². The van der Waals surface area contributed by atoms with Gasteiger partial charge in [0.2, 0.25) is 0 Å². The molecule has 1 fully saturated rings. The van der Waals surface area contributed by atoms with Gasteiger partial charge in [-0.1, -0.05) is 51.5 Å². The molecule has 2 aromatic heterocycles. The number of thioether (sulfide) groups is 1. The lowest BCUT2D eigenvalue weighted by molar-refractivity contribution is -0.178. The number of aromatic amines is 1. The number of aromatic nitrogens is 4. The van der Waals surface area contributed by atoms with Crippen molar-refractivity contribution in [2.24, 2.45) is 0 Å². The summed E-state index contributed by atoms with van der Waals surface area (Å²) < 4.78 is 21.2. The van der Waals surface area contributed by atoms with Crippen LogP contribution in [-0.4, -0.2) is 65.7 Å². The second-order valence-electron chi connectivity index (χ2n) is 6.66. The van der Waals surface area contributed by atoms with Crippen LogP contribution in [0.2, 0.25) is 10.0 Å². The Morgan fingerprint density at radius 2 is 2.03 bits per heavy atom. The van der Waals surface area contributed by atoms with Crippen LogP contribution in [0.25, 0.3) is 11.4 Å². The Morgan fingerprint density at radius 1 is 1.29 bits per heavy atom. The first-order valence-corrected chi connectivity index (χ1v) is 11.3. The number of benzene rings is 1. The van der Waals surface area contributed by atoms with E-state index in [0.29, 0.717) is 11.4 Å². The van der Waals surface area contributed by atoms with Crippen molar-refractivity contribution >= 4 is 46.3 Å². The summed E-state index contributed by atoms with van der Waals surface area (Å²) in [6, 6.07) is 1.28. The molecule has 3 heterocycles. The smallest absolute Gasteiger partial charge is 0.304 e. The molecule has 0 saturated carbocycles. The van der Waals surface area contributed by atoms with E-state index in [1.807, 2.05) is 0 Å². The van der Waals surface area contributed by atoms with E-state index in [1.54, 1.807) is 5.38 Å². The molecule has 5 atom stereocenters. The molecule has 0 spiro atoms. The van der Waals surface area contributed by atoms with Gasteiger partial charge in [0.1, 0.15) is 41.3 Å². The highest BCUT2D eigenvalue weighted by Crippen LogP contribution is 2.40. The molecule has 0 bridgehead atoms. The minimum Gasteiger partial charge on any atom is -0.394 e. The van der Waals surface area contributed by atoms with Gasteiger partial charge in [-0.2, -0.15) is 0 Å². The number of hydrogen-bond donors (Lipinski definition) is 4. The third-order valence-electron chi connectivity index (χ3n) is 4.68. The topological polar surface area (TPSA) is 133 Å². The van der Waals surface area contributed by atoms with Gasteiger partial charge in [0, 0.05) is 10.3 Å². The van der Waals surface area contributed by atoms with Crippen LogP contribution >= 0.6 is 46.3 Å². The molecule has 1 aromatic carbocycles. The van der Waals surface area contributed by atoms with Crippen molar-refractivity contribution in [2.75, 3.05) is 6.61 Å². The van der Waals surface area contributed by atoms with Crippen LogP contribution in [0, 0.1) is 5.82 Å². The highest BCUT2D eigenvalue weighted by atomic mass is 35.5. The van der Waals surface area contributed by atoms with E-state index in [-0.39, 0.29) is 19.8 Å². The van der Waals surface area contributed by atoms with Crippen molar-refractivity contribution in [3.8, 4) is 11.4 Å². The lowest BCUT2D eigenvalue weighted by Gasteiger charge is -2.41. The number of ether oxygens (including phenoxy) is 1. The van der Waals surface area contributed by atoms with Gasteiger partial charge in [0.25, 0.3) is 0 Å². The molecule has 14 heteroatoms. The molecular formula is C17H15Cl2FN4O5S2. The summed E-state index contributed by atoms with van der Waals surface area (Å²) in [7, 11) is 0. The predicted molar refractivity (Wildman–Crippen MR) is 113 cm³/mol. The number of thiazole rings is 1. The Kier molecular flexibility index (Phi) is 6.70. The number of nitrogens with one attached hydrogen (secondary N) is 1. The number of aliphatic hydroxyl groups is 3. The van der Waals surface area contributed by atoms with Crippen LogP contribution < -0.4 is 4.87 Å². The number of H-pyrrole nitrogens is 1. The molecule has 0 radical (unpaired) electrons. The average Bonchev–Trinajstić information content (AvgIpc) is 3.37. The van der Waals surface area contributed by atoms with Crippen molar-refractivity contribution < 1.29 is 24.4 Å². The zero-order valence-electron chi connectivity index (χ0n) is 15.4. The first-order valence-electron chi connectivity index (χ1n) is 8.82. The van der Waals surface area contributed by atoms with Crippen LogP contribution in [0.4, 0.5) is 4.39 Å². The van der Waals surface area contributed by atoms with E-state index in [4.69, 9.17) is 27.9 Å². The summed E-state index contributed by atoms with van der Waals surface area (Å²) in [5.74, 6) is -0.664. The van der Waals surface area contributed by atoms with Gasteiger partial charge in [0.05, 0.1) is 28.5 Å². The van der Waals surface area contributed by atoms with E-state index in [1.165, 1.54) is 16.9 Å². The predicted octanol–water partition coefficient (Wildman–Crippen LogP) is 1.91. The monoisotopic (exact) mass is 508 g/mol. The Labute approximate surface area is 192 Å². The zero-order chi connectivity index (χ0) is 22.3. The van der Waals surface area contributed by atoms with Gasteiger partial charge in [-0.05, 0) is 12.1 Å². The molecule has 1 aliphatic heterocycles. The van der Waals surface area contributed by atoms with Crippen molar-refractivity contribution in [1.29, 1.82) is 0 Å². The fourth-order valence-electron chi connectivity index (χ4n) is 3.15. The van der Waals surface area contributed by atoms with Crippen molar-refractivity contribution in [3.63, 3.8) is 0 Å². The summed E-state index contributed by atoms with van der Waals surface area (Å²) in [4.78, 5) is 13.8. The fraction of sp³-hybridized carbons (Fsp3) is 0.353. The summed E-state index contributed by atoms with van der Waals surface area (Å²) in [6.07, 6.45) is -2.35. The molecule has 1 aliphatic rings. The molecule has 0 aliphatic carbocycles. The van der Waals surface area contributed by atoms with Crippen LogP contribution in [0.15, 0.2) is 33.4 Å². The molecule has 0 unspecified atom stereocenters. The third kappa shape index (κ3) is 4.52. The van der Waals surface area contributed by atoms with E-state index in [2.05, 4.69) is 15.3 Å². The molecule has 3 aromatic rings. The highest BCUT2D eigenvalue weighted by molar-refractivity contribution is 7.99. The lowest BCUT2D eigenvalue weighted by Crippen LogP contribution is -2.55. The molecule has 9 nitrogen and oxygen atoms in total. The van der Waals surface area contributed by atoms with Crippen LogP contribution in [0.1, 0.15) is 6.04 Å². The molecule has 4 N–H and O–H groups in total. The molecule has 166 valence electrons. The van der Waals surface area contributed by atoms with Crippen molar-refractivity contribution in [1.82, 2.24) is 20.0 Å². The maximum absolute atomic E-state index is 14.3. The summed E-state index contributed by atoms with van der Waals surface area (Å²) in [5, 5.41) is 40.8. The van der Waals surface area contributed by atoms with Crippen LogP contribution in [0.5, 0.6) is 0 Å². The van der Waals surface area contributed by atoms with E-state index >= 15 is 0 Å². The largest absolute Gasteiger partial charge is 0.394 e. The maximum atomic E-state index is 14.3. The second kappa shape index (κ2) is 9.16.